The molecule has 0 bridgehead atoms. The quantitative estimate of drug-likeness (QED) is 0.856. The van der Waals surface area contributed by atoms with Crippen LogP contribution in [0.1, 0.15) is 13.3 Å². The van der Waals surface area contributed by atoms with E-state index in [9.17, 15) is 13.2 Å². The smallest absolute Gasteiger partial charge is 0.489 e. The third-order valence-corrected chi connectivity index (χ3v) is 2.25. The third-order valence-electron chi connectivity index (χ3n) is 2.25. The molecule has 0 saturated carbocycles. The summed E-state index contributed by atoms with van der Waals surface area (Å²) in [5.41, 5.74) is 0. The SMILES string of the molecule is CCC(CNC)Oc1ccc(OC(F)(F)F)cc1. The zero-order valence-electron chi connectivity index (χ0n) is 10.3. The van der Waals surface area contributed by atoms with E-state index in [1.165, 1.54) is 24.3 Å². The summed E-state index contributed by atoms with van der Waals surface area (Å²) >= 11 is 0. The van der Waals surface area contributed by atoms with Crippen LogP contribution in [0.5, 0.6) is 11.5 Å². The third kappa shape index (κ3) is 5.27. The molecule has 1 atom stereocenters. The van der Waals surface area contributed by atoms with Crippen molar-refractivity contribution in [3.8, 4) is 11.5 Å². The Labute approximate surface area is 104 Å². The second kappa shape index (κ2) is 6.49. The van der Waals surface area contributed by atoms with Crippen LogP contribution in [0.2, 0.25) is 0 Å². The summed E-state index contributed by atoms with van der Waals surface area (Å²) < 4.78 is 45.2. The monoisotopic (exact) mass is 263 g/mol. The number of hydrogen-bond donors (Lipinski definition) is 1. The fourth-order valence-corrected chi connectivity index (χ4v) is 1.41. The standard InChI is InChI=1S/C12H16F3NO2/c1-3-9(8-16-2)17-10-4-6-11(7-5-10)18-12(13,14)15/h4-7,9,16H,3,8H2,1-2H3. The second-order valence-corrected chi connectivity index (χ2v) is 3.72. The second-order valence-electron chi connectivity index (χ2n) is 3.72. The molecule has 0 aliphatic carbocycles. The van der Waals surface area contributed by atoms with Gasteiger partial charge in [0.1, 0.15) is 17.6 Å². The van der Waals surface area contributed by atoms with Gasteiger partial charge in [0.2, 0.25) is 0 Å². The fraction of sp³-hybridized carbons (Fsp3) is 0.500. The van der Waals surface area contributed by atoms with Gasteiger partial charge in [-0.3, -0.25) is 0 Å². The van der Waals surface area contributed by atoms with Crippen molar-refractivity contribution in [2.75, 3.05) is 13.6 Å². The lowest BCUT2D eigenvalue weighted by Gasteiger charge is -2.17. The lowest BCUT2D eigenvalue weighted by Crippen LogP contribution is -2.28. The van der Waals surface area contributed by atoms with Crippen LogP contribution in [-0.4, -0.2) is 26.1 Å². The van der Waals surface area contributed by atoms with Gasteiger partial charge in [0, 0.05) is 6.54 Å². The first-order valence-electron chi connectivity index (χ1n) is 5.61. The van der Waals surface area contributed by atoms with Gasteiger partial charge in [-0.2, -0.15) is 0 Å². The molecule has 0 saturated heterocycles. The van der Waals surface area contributed by atoms with Gasteiger partial charge in [-0.25, -0.2) is 0 Å². The van der Waals surface area contributed by atoms with Crippen molar-refractivity contribution < 1.29 is 22.6 Å². The molecule has 1 rings (SSSR count). The molecule has 0 radical (unpaired) electrons. The van der Waals surface area contributed by atoms with Gasteiger partial charge < -0.3 is 14.8 Å². The maximum atomic E-state index is 11.9. The molecule has 6 heteroatoms. The van der Waals surface area contributed by atoms with Crippen LogP contribution in [0.4, 0.5) is 13.2 Å². The van der Waals surface area contributed by atoms with Crippen LogP contribution in [0.15, 0.2) is 24.3 Å². The minimum atomic E-state index is -4.67. The molecule has 0 aliphatic heterocycles. The van der Waals surface area contributed by atoms with Crippen molar-refractivity contribution in [3.63, 3.8) is 0 Å². The van der Waals surface area contributed by atoms with Gasteiger partial charge in [-0.1, -0.05) is 6.92 Å². The Morgan fingerprint density at radius 3 is 2.17 bits per heavy atom. The van der Waals surface area contributed by atoms with Gasteiger partial charge in [0.15, 0.2) is 0 Å². The normalized spacial score (nSPS) is 13.2. The van der Waals surface area contributed by atoms with E-state index >= 15 is 0 Å². The van der Waals surface area contributed by atoms with Crippen molar-refractivity contribution in [2.24, 2.45) is 0 Å². The highest BCUT2D eigenvalue weighted by Crippen LogP contribution is 2.25. The number of rotatable bonds is 6. The van der Waals surface area contributed by atoms with Gasteiger partial charge in [0.25, 0.3) is 0 Å². The summed E-state index contributed by atoms with van der Waals surface area (Å²) in [6, 6.07) is 5.38. The van der Waals surface area contributed by atoms with Gasteiger partial charge >= 0.3 is 6.36 Å². The van der Waals surface area contributed by atoms with E-state index in [2.05, 4.69) is 10.1 Å². The zero-order chi connectivity index (χ0) is 13.6. The number of alkyl halides is 3. The Bertz CT molecular complexity index is 351. The Morgan fingerprint density at radius 1 is 1.17 bits per heavy atom. The lowest BCUT2D eigenvalue weighted by molar-refractivity contribution is -0.274. The summed E-state index contributed by atoms with van der Waals surface area (Å²) in [7, 11) is 1.81. The van der Waals surface area contributed by atoms with Crippen LogP contribution in [0, 0.1) is 0 Å². The van der Waals surface area contributed by atoms with Crippen LogP contribution in [0.25, 0.3) is 0 Å². The van der Waals surface area contributed by atoms with E-state index in [1.807, 2.05) is 14.0 Å². The first-order chi connectivity index (χ1) is 8.44. The molecular formula is C12H16F3NO2. The van der Waals surface area contributed by atoms with E-state index in [-0.39, 0.29) is 11.9 Å². The molecular weight excluding hydrogens is 247 g/mol. The highest BCUT2D eigenvalue weighted by atomic mass is 19.4. The topological polar surface area (TPSA) is 30.5 Å². The maximum absolute atomic E-state index is 11.9. The number of likely N-dealkylation sites (N-methyl/N-ethyl adjacent to an activating group) is 1. The van der Waals surface area contributed by atoms with E-state index in [1.54, 1.807) is 0 Å². The first-order valence-corrected chi connectivity index (χ1v) is 5.61. The Kier molecular flexibility index (Phi) is 5.27. The predicted molar refractivity (Wildman–Crippen MR) is 61.8 cm³/mol. The largest absolute Gasteiger partial charge is 0.573 e. The number of benzene rings is 1. The minimum Gasteiger partial charge on any atom is -0.489 e. The van der Waals surface area contributed by atoms with Gasteiger partial charge in [0.05, 0.1) is 0 Å². The number of hydrogen-bond acceptors (Lipinski definition) is 3. The highest BCUT2D eigenvalue weighted by Gasteiger charge is 2.30. The van der Waals surface area contributed by atoms with Crippen molar-refractivity contribution in [1.82, 2.24) is 5.32 Å². The molecule has 0 amide bonds. The van der Waals surface area contributed by atoms with E-state index in [4.69, 9.17) is 4.74 Å². The van der Waals surface area contributed by atoms with Crippen molar-refractivity contribution >= 4 is 0 Å². The fourth-order valence-electron chi connectivity index (χ4n) is 1.41. The predicted octanol–water partition coefficient (Wildman–Crippen LogP) is 2.96. The van der Waals surface area contributed by atoms with E-state index in [0.29, 0.717) is 12.3 Å². The maximum Gasteiger partial charge on any atom is 0.573 e. The molecule has 0 aromatic heterocycles. The lowest BCUT2D eigenvalue weighted by atomic mass is 10.2. The molecule has 1 unspecified atom stereocenters. The highest BCUT2D eigenvalue weighted by molar-refractivity contribution is 5.31. The molecule has 102 valence electrons. The molecule has 18 heavy (non-hydrogen) atoms. The molecule has 3 nitrogen and oxygen atoms in total. The van der Waals surface area contributed by atoms with E-state index < -0.39 is 6.36 Å². The molecule has 1 aromatic rings. The summed E-state index contributed by atoms with van der Waals surface area (Å²) in [4.78, 5) is 0. The van der Waals surface area contributed by atoms with Gasteiger partial charge in [-0.05, 0) is 37.7 Å². The first kappa shape index (κ1) is 14.6. The van der Waals surface area contributed by atoms with E-state index in [0.717, 1.165) is 6.42 Å². The Balaban J connectivity index is 2.59. The Hall–Kier alpha value is -1.43. The Morgan fingerprint density at radius 2 is 1.72 bits per heavy atom. The zero-order valence-corrected chi connectivity index (χ0v) is 10.3. The molecule has 1 aromatic carbocycles. The van der Waals surface area contributed by atoms with Crippen LogP contribution < -0.4 is 14.8 Å². The average molecular weight is 263 g/mol. The van der Waals surface area contributed by atoms with Crippen molar-refractivity contribution in [2.45, 2.75) is 25.8 Å². The average Bonchev–Trinajstić information content (AvgIpc) is 2.29. The summed E-state index contributed by atoms with van der Waals surface area (Å²) in [6.07, 6.45) is -3.87. The molecule has 1 N–H and O–H groups in total. The van der Waals surface area contributed by atoms with Crippen molar-refractivity contribution in [1.29, 1.82) is 0 Å². The molecule has 0 heterocycles. The summed E-state index contributed by atoms with van der Waals surface area (Å²) in [5.74, 6) is 0.267. The van der Waals surface area contributed by atoms with Gasteiger partial charge in [-0.15, -0.1) is 13.2 Å². The summed E-state index contributed by atoms with van der Waals surface area (Å²) in [5, 5.41) is 2.98. The minimum absolute atomic E-state index is 0.00983. The van der Waals surface area contributed by atoms with Crippen molar-refractivity contribution in [3.05, 3.63) is 24.3 Å². The molecule has 0 fully saturated rings. The van der Waals surface area contributed by atoms with Crippen LogP contribution >= 0.6 is 0 Å². The summed E-state index contributed by atoms with van der Waals surface area (Å²) in [6.45, 7) is 2.65. The number of nitrogens with one attached hydrogen (secondary N) is 1. The molecule has 0 spiro atoms. The number of ether oxygens (including phenoxy) is 2. The number of halogens is 3. The van der Waals surface area contributed by atoms with Crippen LogP contribution in [0.3, 0.4) is 0 Å². The molecule has 0 aliphatic rings. The van der Waals surface area contributed by atoms with Crippen LogP contribution in [-0.2, 0) is 0 Å².